The molecule has 4 rings (SSSR count). The summed E-state index contributed by atoms with van der Waals surface area (Å²) in [5.74, 6) is 0.540. The van der Waals surface area contributed by atoms with Gasteiger partial charge in [0.1, 0.15) is 18.1 Å². The summed E-state index contributed by atoms with van der Waals surface area (Å²) in [7, 11) is 0. The minimum Gasteiger partial charge on any atom is -0.394 e. The zero-order chi connectivity index (χ0) is 19.7. The zero-order valence-corrected chi connectivity index (χ0v) is 15.6. The molecule has 1 aliphatic rings. The van der Waals surface area contributed by atoms with Crippen molar-refractivity contribution in [2.24, 2.45) is 0 Å². The lowest BCUT2D eigenvalue weighted by molar-refractivity contribution is -0.0459. The van der Waals surface area contributed by atoms with Crippen molar-refractivity contribution >= 4 is 16.7 Å². The van der Waals surface area contributed by atoms with E-state index >= 15 is 0 Å². The summed E-state index contributed by atoms with van der Waals surface area (Å²) in [6.07, 6.45) is 2.64. The molecule has 1 saturated heterocycles. The largest absolute Gasteiger partial charge is 0.394 e. The first-order chi connectivity index (χ1) is 13.6. The molecule has 0 radical (unpaired) electrons. The van der Waals surface area contributed by atoms with Gasteiger partial charge in [-0.1, -0.05) is 18.2 Å². The Labute approximate surface area is 161 Å². The van der Waals surface area contributed by atoms with Gasteiger partial charge in [0.2, 0.25) is 0 Å². The lowest BCUT2D eigenvalue weighted by Gasteiger charge is -2.16. The highest BCUT2D eigenvalue weighted by atomic mass is 16.5. The highest BCUT2D eigenvalue weighted by molar-refractivity contribution is 5.83. The number of hydrogen-bond donors (Lipinski definition) is 4. The third kappa shape index (κ3) is 3.54. The number of fused-ring (bicyclic) bond motifs is 1. The van der Waals surface area contributed by atoms with Crippen LogP contribution in [0.3, 0.4) is 0 Å². The Hall–Kier alpha value is -2.68. The number of H-pyrrole nitrogens is 1. The smallest absolute Gasteiger partial charge is 0.351 e. The van der Waals surface area contributed by atoms with Crippen molar-refractivity contribution < 1.29 is 14.9 Å². The summed E-state index contributed by atoms with van der Waals surface area (Å²) in [4.78, 5) is 19.8. The maximum absolute atomic E-state index is 12.4. The Morgan fingerprint density at radius 1 is 1.39 bits per heavy atom. The van der Waals surface area contributed by atoms with Crippen LogP contribution in [-0.2, 0) is 11.2 Å². The zero-order valence-electron chi connectivity index (χ0n) is 15.6. The summed E-state index contributed by atoms with van der Waals surface area (Å²) in [5, 5.41) is 23.5. The van der Waals surface area contributed by atoms with Gasteiger partial charge in [0.25, 0.3) is 0 Å². The quantitative estimate of drug-likeness (QED) is 0.510. The van der Waals surface area contributed by atoms with Gasteiger partial charge in [0.05, 0.1) is 12.7 Å². The second kappa shape index (κ2) is 7.75. The van der Waals surface area contributed by atoms with Crippen LogP contribution in [0, 0.1) is 6.92 Å². The SMILES string of the molecule is Cc1cn(C2CC(O)C(CO)O2)c(=O)nc1NCCc1c[nH]c2ccccc12. The van der Waals surface area contributed by atoms with Gasteiger partial charge in [-0.05, 0) is 25.0 Å². The summed E-state index contributed by atoms with van der Waals surface area (Å²) in [5.41, 5.74) is 2.67. The van der Waals surface area contributed by atoms with E-state index in [4.69, 9.17) is 4.74 Å². The molecule has 0 bridgehead atoms. The molecule has 8 heteroatoms. The van der Waals surface area contributed by atoms with Crippen LogP contribution in [0.15, 0.2) is 41.5 Å². The number of nitrogens with zero attached hydrogens (tertiary/aromatic N) is 2. The molecule has 3 aromatic rings. The Balaban J connectivity index is 1.44. The molecule has 2 aromatic heterocycles. The summed E-state index contributed by atoms with van der Waals surface area (Å²) in [6.45, 7) is 2.22. The fourth-order valence-corrected chi connectivity index (χ4v) is 3.66. The van der Waals surface area contributed by atoms with Crippen LogP contribution < -0.4 is 11.0 Å². The Bertz CT molecular complexity index is 1030. The number of hydrogen-bond acceptors (Lipinski definition) is 6. The Kier molecular flexibility index (Phi) is 5.17. The molecule has 4 N–H and O–H groups in total. The van der Waals surface area contributed by atoms with Crippen LogP contribution >= 0.6 is 0 Å². The first-order valence-electron chi connectivity index (χ1n) is 9.40. The van der Waals surface area contributed by atoms with Gasteiger partial charge >= 0.3 is 5.69 Å². The Morgan fingerprint density at radius 3 is 3.00 bits per heavy atom. The van der Waals surface area contributed by atoms with Gasteiger partial charge in [-0.25, -0.2) is 4.79 Å². The molecule has 8 nitrogen and oxygen atoms in total. The number of para-hydroxylation sites is 1. The number of aliphatic hydroxyl groups excluding tert-OH is 2. The number of rotatable bonds is 6. The van der Waals surface area contributed by atoms with Crippen molar-refractivity contribution in [3.05, 3.63) is 58.3 Å². The maximum atomic E-state index is 12.4. The summed E-state index contributed by atoms with van der Waals surface area (Å²) < 4.78 is 6.93. The highest BCUT2D eigenvalue weighted by Crippen LogP contribution is 2.28. The lowest BCUT2D eigenvalue weighted by Crippen LogP contribution is -2.29. The van der Waals surface area contributed by atoms with Gasteiger partial charge in [0.15, 0.2) is 0 Å². The normalized spacial score (nSPS) is 22.0. The van der Waals surface area contributed by atoms with Gasteiger partial charge in [-0.15, -0.1) is 0 Å². The van der Waals surface area contributed by atoms with E-state index in [1.807, 2.05) is 31.3 Å². The number of aromatic nitrogens is 3. The molecular formula is C20H24N4O4. The molecular weight excluding hydrogens is 360 g/mol. The first kappa shape index (κ1) is 18.7. The van der Waals surface area contributed by atoms with E-state index in [0.717, 1.165) is 17.5 Å². The van der Waals surface area contributed by atoms with Gasteiger partial charge in [-0.3, -0.25) is 4.57 Å². The van der Waals surface area contributed by atoms with E-state index in [-0.39, 0.29) is 13.0 Å². The second-order valence-electron chi connectivity index (χ2n) is 7.11. The van der Waals surface area contributed by atoms with E-state index in [2.05, 4.69) is 21.4 Å². The predicted octanol–water partition coefficient (Wildman–Crippen LogP) is 1.33. The number of aryl methyl sites for hydroxylation is 1. The highest BCUT2D eigenvalue weighted by Gasteiger charge is 2.35. The van der Waals surface area contributed by atoms with Crippen molar-refractivity contribution in [2.45, 2.75) is 38.2 Å². The number of benzene rings is 1. The molecule has 148 valence electrons. The number of anilines is 1. The number of aliphatic hydroxyl groups is 2. The lowest BCUT2D eigenvalue weighted by atomic mass is 10.1. The van der Waals surface area contributed by atoms with Crippen LogP contribution in [0.1, 0.15) is 23.8 Å². The van der Waals surface area contributed by atoms with Crippen LogP contribution in [0.25, 0.3) is 10.9 Å². The average molecular weight is 384 g/mol. The monoisotopic (exact) mass is 384 g/mol. The molecule has 0 aliphatic carbocycles. The number of ether oxygens (including phenoxy) is 1. The predicted molar refractivity (Wildman–Crippen MR) is 105 cm³/mol. The van der Waals surface area contributed by atoms with E-state index in [9.17, 15) is 15.0 Å². The molecule has 3 heterocycles. The molecule has 1 aromatic carbocycles. The summed E-state index contributed by atoms with van der Waals surface area (Å²) >= 11 is 0. The molecule has 0 amide bonds. The van der Waals surface area contributed by atoms with Crippen molar-refractivity contribution in [1.82, 2.24) is 14.5 Å². The molecule has 3 unspecified atom stereocenters. The molecule has 28 heavy (non-hydrogen) atoms. The van der Waals surface area contributed by atoms with Crippen molar-refractivity contribution in [2.75, 3.05) is 18.5 Å². The molecule has 0 spiro atoms. The minimum atomic E-state index is -0.795. The van der Waals surface area contributed by atoms with Crippen molar-refractivity contribution in [3.63, 3.8) is 0 Å². The van der Waals surface area contributed by atoms with Crippen LogP contribution in [0.5, 0.6) is 0 Å². The molecule has 1 fully saturated rings. The number of aromatic amines is 1. The molecule has 0 saturated carbocycles. The van der Waals surface area contributed by atoms with Crippen molar-refractivity contribution in [3.8, 4) is 0 Å². The van der Waals surface area contributed by atoms with Crippen LogP contribution in [0.2, 0.25) is 0 Å². The molecule has 3 atom stereocenters. The van der Waals surface area contributed by atoms with Crippen LogP contribution in [-0.4, -0.2) is 50.1 Å². The fourth-order valence-electron chi connectivity index (χ4n) is 3.66. The van der Waals surface area contributed by atoms with Crippen LogP contribution in [0.4, 0.5) is 5.82 Å². The van der Waals surface area contributed by atoms with E-state index in [1.165, 1.54) is 15.5 Å². The van der Waals surface area contributed by atoms with Gasteiger partial charge in [0, 0.05) is 41.8 Å². The third-order valence-electron chi connectivity index (χ3n) is 5.19. The van der Waals surface area contributed by atoms with E-state index < -0.39 is 24.1 Å². The van der Waals surface area contributed by atoms with E-state index in [0.29, 0.717) is 12.4 Å². The standard InChI is InChI=1S/C20H24N4O4/c1-12-10-24(18-8-16(26)17(11-25)28-18)20(27)23-19(12)21-7-6-13-9-22-15-5-3-2-4-14(13)15/h2-5,9-10,16-18,22,25-26H,6-8,11H2,1H3,(H,21,23,27). The molecule has 1 aliphatic heterocycles. The van der Waals surface area contributed by atoms with E-state index in [1.54, 1.807) is 6.20 Å². The van der Waals surface area contributed by atoms with Crippen molar-refractivity contribution in [1.29, 1.82) is 0 Å². The Morgan fingerprint density at radius 2 is 2.21 bits per heavy atom. The fraction of sp³-hybridized carbons (Fsp3) is 0.400. The second-order valence-corrected chi connectivity index (χ2v) is 7.11. The summed E-state index contributed by atoms with van der Waals surface area (Å²) in [6, 6.07) is 8.14. The maximum Gasteiger partial charge on any atom is 0.351 e. The average Bonchev–Trinajstić information content (AvgIpc) is 3.27. The number of nitrogens with one attached hydrogen (secondary N) is 2. The minimum absolute atomic E-state index is 0.250. The third-order valence-corrected chi connectivity index (χ3v) is 5.19. The first-order valence-corrected chi connectivity index (χ1v) is 9.40. The topological polar surface area (TPSA) is 112 Å². The van der Waals surface area contributed by atoms with Gasteiger partial charge in [-0.2, -0.15) is 4.98 Å². The van der Waals surface area contributed by atoms with Gasteiger partial charge < -0.3 is 25.3 Å².